The predicted molar refractivity (Wildman–Crippen MR) is 39.2 cm³/mol. The minimum Gasteiger partial charge on any atom is -0.0845 e. The van der Waals surface area contributed by atoms with Crippen molar-refractivity contribution in [3.63, 3.8) is 0 Å². The second kappa shape index (κ2) is 2.17. The monoisotopic (exact) mass is 122 g/mol. The highest BCUT2D eigenvalue weighted by atomic mass is 14.3. The standard InChI is InChI=1S/C9H14/c1-2-4-8-6-7-9(8)5-3-1/h6-9H,1-5H2/t8-,9-/m1/s1. The van der Waals surface area contributed by atoms with Gasteiger partial charge in [0.25, 0.3) is 0 Å². The first-order chi connectivity index (χ1) is 4.47. The lowest BCUT2D eigenvalue weighted by atomic mass is 9.79. The molecular formula is C9H14. The molecule has 0 heterocycles. The third kappa shape index (κ3) is 0.910. The van der Waals surface area contributed by atoms with Gasteiger partial charge in [-0.05, 0) is 24.7 Å². The first-order valence-corrected chi connectivity index (χ1v) is 4.15. The molecule has 1 saturated carbocycles. The van der Waals surface area contributed by atoms with Crippen LogP contribution >= 0.6 is 0 Å². The smallest absolute Gasteiger partial charge is 0.0170 e. The van der Waals surface area contributed by atoms with Crippen LogP contribution in [0.25, 0.3) is 0 Å². The molecule has 50 valence electrons. The van der Waals surface area contributed by atoms with Gasteiger partial charge in [0.2, 0.25) is 0 Å². The summed E-state index contributed by atoms with van der Waals surface area (Å²) >= 11 is 0. The molecule has 2 rings (SSSR count). The Labute approximate surface area is 57.0 Å². The molecule has 0 amide bonds. The van der Waals surface area contributed by atoms with Gasteiger partial charge in [-0.3, -0.25) is 0 Å². The van der Waals surface area contributed by atoms with Crippen molar-refractivity contribution < 1.29 is 0 Å². The van der Waals surface area contributed by atoms with E-state index in [9.17, 15) is 0 Å². The van der Waals surface area contributed by atoms with E-state index in [0.717, 1.165) is 11.8 Å². The molecule has 0 bridgehead atoms. The predicted octanol–water partition coefficient (Wildman–Crippen LogP) is 2.75. The summed E-state index contributed by atoms with van der Waals surface area (Å²) in [5.41, 5.74) is 0. The van der Waals surface area contributed by atoms with Crippen LogP contribution in [0, 0.1) is 11.8 Å². The Kier molecular flexibility index (Phi) is 1.33. The van der Waals surface area contributed by atoms with E-state index in [1.807, 2.05) is 0 Å². The summed E-state index contributed by atoms with van der Waals surface area (Å²) in [5, 5.41) is 0. The lowest BCUT2D eigenvalue weighted by Gasteiger charge is -2.26. The molecule has 0 aromatic rings. The van der Waals surface area contributed by atoms with Gasteiger partial charge in [-0.2, -0.15) is 0 Å². The molecule has 0 aliphatic heterocycles. The van der Waals surface area contributed by atoms with Gasteiger partial charge < -0.3 is 0 Å². The average Bonchev–Trinajstić information content (AvgIpc) is 1.94. The van der Waals surface area contributed by atoms with Gasteiger partial charge in [0.05, 0.1) is 0 Å². The van der Waals surface area contributed by atoms with Crippen LogP contribution < -0.4 is 0 Å². The van der Waals surface area contributed by atoms with Gasteiger partial charge in [0.15, 0.2) is 0 Å². The lowest BCUT2D eigenvalue weighted by Crippen LogP contribution is -2.16. The summed E-state index contributed by atoms with van der Waals surface area (Å²) < 4.78 is 0. The molecule has 0 aromatic heterocycles. The largest absolute Gasteiger partial charge is 0.0845 e. The zero-order valence-electron chi connectivity index (χ0n) is 5.84. The van der Waals surface area contributed by atoms with Crippen LogP contribution in [0.4, 0.5) is 0 Å². The lowest BCUT2D eigenvalue weighted by molar-refractivity contribution is 0.403. The first-order valence-electron chi connectivity index (χ1n) is 4.15. The fourth-order valence-corrected chi connectivity index (χ4v) is 1.98. The maximum absolute atomic E-state index is 2.40. The van der Waals surface area contributed by atoms with Gasteiger partial charge in [-0.15, -0.1) is 0 Å². The molecular weight excluding hydrogens is 108 g/mol. The van der Waals surface area contributed by atoms with Crippen molar-refractivity contribution in [2.24, 2.45) is 11.8 Å². The molecule has 0 N–H and O–H groups in total. The minimum absolute atomic E-state index is 0.993. The van der Waals surface area contributed by atoms with Crippen molar-refractivity contribution in [1.29, 1.82) is 0 Å². The van der Waals surface area contributed by atoms with Crippen LogP contribution in [-0.4, -0.2) is 0 Å². The quantitative estimate of drug-likeness (QED) is 0.433. The highest BCUT2D eigenvalue weighted by Crippen LogP contribution is 2.36. The number of rotatable bonds is 0. The molecule has 2 aliphatic rings. The third-order valence-corrected chi connectivity index (χ3v) is 2.73. The van der Waals surface area contributed by atoms with E-state index >= 15 is 0 Å². The Bertz CT molecular complexity index is 110. The number of hydrogen-bond donors (Lipinski definition) is 0. The van der Waals surface area contributed by atoms with Crippen molar-refractivity contribution in [3.8, 4) is 0 Å². The van der Waals surface area contributed by atoms with Crippen LogP contribution in [0.3, 0.4) is 0 Å². The van der Waals surface area contributed by atoms with E-state index in [0.29, 0.717) is 0 Å². The van der Waals surface area contributed by atoms with Gasteiger partial charge >= 0.3 is 0 Å². The topological polar surface area (TPSA) is 0 Å². The molecule has 0 heteroatoms. The van der Waals surface area contributed by atoms with Crippen LogP contribution in [0.5, 0.6) is 0 Å². The summed E-state index contributed by atoms with van der Waals surface area (Å²) in [5.74, 6) is 1.99. The molecule has 1 fully saturated rings. The van der Waals surface area contributed by atoms with Gasteiger partial charge in [0.1, 0.15) is 0 Å². The second-order valence-corrected chi connectivity index (χ2v) is 3.35. The fraction of sp³-hybridized carbons (Fsp3) is 0.778. The molecule has 0 unspecified atom stereocenters. The highest BCUT2D eigenvalue weighted by Gasteiger charge is 2.24. The first kappa shape index (κ1) is 5.52. The average molecular weight is 122 g/mol. The molecule has 2 aliphatic carbocycles. The minimum atomic E-state index is 0.993. The number of allylic oxidation sites excluding steroid dienone is 2. The third-order valence-electron chi connectivity index (χ3n) is 2.73. The van der Waals surface area contributed by atoms with Crippen molar-refractivity contribution in [3.05, 3.63) is 12.2 Å². The Hall–Kier alpha value is -0.260. The Morgan fingerprint density at radius 3 is 1.78 bits per heavy atom. The highest BCUT2D eigenvalue weighted by molar-refractivity contribution is 5.09. The van der Waals surface area contributed by atoms with Gasteiger partial charge in [0, 0.05) is 0 Å². The van der Waals surface area contributed by atoms with Crippen LogP contribution in [0.15, 0.2) is 12.2 Å². The van der Waals surface area contributed by atoms with Crippen molar-refractivity contribution in [2.75, 3.05) is 0 Å². The van der Waals surface area contributed by atoms with E-state index < -0.39 is 0 Å². The molecule has 0 spiro atoms. The van der Waals surface area contributed by atoms with Gasteiger partial charge in [-0.1, -0.05) is 31.4 Å². The van der Waals surface area contributed by atoms with E-state index in [-0.39, 0.29) is 0 Å². The van der Waals surface area contributed by atoms with Crippen LogP contribution in [0.1, 0.15) is 32.1 Å². The summed E-state index contributed by atoms with van der Waals surface area (Å²) in [4.78, 5) is 0. The Morgan fingerprint density at radius 2 is 1.33 bits per heavy atom. The van der Waals surface area contributed by atoms with E-state index in [1.165, 1.54) is 32.1 Å². The molecule has 0 nitrogen and oxygen atoms in total. The van der Waals surface area contributed by atoms with Crippen LogP contribution in [-0.2, 0) is 0 Å². The Balaban J connectivity index is 1.99. The van der Waals surface area contributed by atoms with E-state index in [4.69, 9.17) is 0 Å². The molecule has 0 saturated heterocycles. The van der Waals surface area contributed by atoms with Crippen LogP contribution in [0.2, 0.25) is 0 Å². The fourth-order valence-electron chi connectivity index (χ4n) is 1.98. The zero-order valence-corrected chi connectivity index (χ0v) is 5.84. The molecule has 2 atom stereocenters. The number of fused-ring (bicyclic) bond motifs is 1. The van der Waals surface area contributed by atoms with E-state index in [2.05, 4.69) is 12.2 Å². The summed E-state index contributed by atoms with van der Waals surface area (Å²) in [6.45, 7) is 0. The van der Waals surface area contributed by atoms with Crippen molar-refractivity contribution in [1.82, 2.24) is 0 Å². The maximum Gasteiger partial charge on any atom is -0.0170 e. The summed E-state index contributed by atoms with van der Waals surface area (Å²) in [6, 6.07) is 0. The SMILES string of the molecule is C1=C[C@H]2CCCCC[C@H]12. The zero-order chi connectivity index (χ0) is 6.10. The summed E-state index contributed by atoms with van der Waals surface area (Å²) in [6.07, 6.45) is 12.2. The normalized spacial score (nSPS) is 40.9. The van der Waals surface area contributed by atoms with E-state index in [1.54, 1.807) is 0 Å². The number of hydrogen-bond acceptors (Lipinski definition) is 0. The van der Waals surface area contributed by atoms with Gasteiger partial charge in [-0.25, -0.2) is 0 Å². The Morgan fingerprint density at radius 1 is 0.778 bits per heavy atom. The molecule has 0 aromatic carbocycles. The molecule has 9 heavy (non-hydrogen) atoms. The molecule has 0 radical (unpaired) electrons. The van der Waals surface area contributed by atoms with Crippen molar-refractivity contribution in [2.45, 2.75) is 32.1 Å². The second-order valence-electron chi connectivity index (χ2n) is 3.35. The summed E-state index contributed by atoms with van der Waals surface area (Å²) in [7, 11) is 0. The maximum atomic E-state index is 2.40. The van der Waals surface area contributed by atoms with Crippen molar-refractivity contribution >= 4 is 0 Å².